The van der Waals surface area contributed by atoms with E-state index in [2.05, 4.69) is 10.3 Å². The van der Waals surface area contributed by atoms with Crippen molar-refractivity contribution in [2.45, 2.75) is 6.42 Å². The number of nitrogens with zero attached hydrogens (tertiary/aromatic N) is 2. The molecule has 1 aromatic heterocycles. The van der Waals surface area contributed by atoms with Gasteiger partial charge in [-0.05, 0) is 11.1 Å². The number of amides is 1. The predicted octanol–water partition coefficient (Wildman–Crippen LogP) is 3.23. The van der Waals surface area contributed by atoms with Gasteiger partial charge < -0.3 is 5.32 Å². The minimum atomic E-state index is -3.42. The Morgan fingerprint density at radius 2 is 1.68 bits per heavy atom. The standard InChI is InChI=1S/C20H21N3O3S2/c1-23(28(2,25)26)14-18(24)22-20-21-17(13-15-9-5-3-6-10-15)19(27-20)16-11-7-4-8-12-16/h3-12H,13-14H2,1-2H3,(H,21,22,24). The molecule has 3 rings (SSSR count). The van der Waals surface area contributed by atoms with Gasteiger partial charge in [0.25, 0.3) is 0 Å². The summed E-state index contributed by atoms with van der Waals surface area (Å²) >= 11 is 1.38. The number of rotatable bonds is 7. The van der Waals surface area contributed by atoms with Crippen molar-refractivity contribution in [2.24, 2.45) is 0 Å². The van der Waals surface area contributed by atoms with Gasteiger partial charge in [0.1, 0.15) is 0 Å². The molecule has 146 valence electrons. The molecular formula is C20H21N3O3S2. The van der Waals surface area contributed by atoms with E-state index in [4.69, 9.17) is 0 Å². The molecule has 0 aliphatic heterocycles. The third-order valence-electron chi connectivity index (χ3n) is 4.13. The molecule has 0 aliphatic carbocycles. The van der Waals surface area contributed by atoms with Crippen molar-refractivity contribution >= 4 is 32.4 Å². The van der Waals surface area contributed by atoms with Crippen molar-refractivity contribution in [3.63, 3.8) is 0 Å². The third kappa shape index (κ3) is 5.25. The number of thiazole rings is 1. The Labute approximate surface area is 168 Å². The molecule has 0 spiro atoms. The van der Waals surface area contributed by atoms with E-state index in [0.29, 0.717) is 11.6 Å². The fourth-order valence-electron chi connectivity index (χ4n) is 2.61. The zero-order chi connectivity index (χ0) is 20.1. The topological polar surface area (TPSA) is 79.4 Å². The molecule has 0 aliphatic rings. The zero-order valence-electron chi connectivity index (χ0n) is 15.6. The molecule has 1 heterocycles. The van der Waals surface area contributed by atoms with Gasteiger partial charge in [-0.15, -0.1) is 0 Å². The molecule has 0 bridgehead atoms. The van der Waals surface area contributed by atoms with Crippen LogP contribution in [-0.4, -0.2) is 43.5 Å². The van der Waals surface area contributed by atoms with Crippen LogP contribution in [0, 0.1) is 0 Å². The number of sulfonamides is 1. The molecule has 3 aromatic rings. The van der Waals surface area contributed by atoms with E-state index in [0.717, 1.165) is 32.3 Å². The number of likely N-dealkylation sites (N-methyl/N-ethyl adjacent to an activating group) is 1. The molecule has 0 unspecified atom stereocenters. The maximum atomic E-state index is 12.2. The monoisotopic (exact) mass is 415 g/mol. The van der Waals surface area contributed by atoms with E-state index < -0.39 is 15.9 Å². The number of carbonyl (C=O) groups excluding carboxylic acids is 1. The summed E-state index contributed by atoms with van der Waals surface area (Å²) in [6.07, 6.45) is 1.70. The predicted molar refractivity (Wildman–Crippen MR) is 113 cm³/mol. The van der Waals surface area contributed by atoms with E-state index in [9.17, 15) is 13.2 Å². The highest BCUT2D eigenvalue weighted by Crippen LogP contribution is 2.34. The number of hydrogen-bond acceptors (Lipinski definition) is 5. The number of carbonyl (C=O) groups is 1. The van der Waals surface area contributed by atoms with Gasteiger partial charge in [0.2, 0.25) is 15.9 Å². The summed E-state index contributed by atoms with van der Waals surface area (Å²) in [5.41, 5.74) is 3.02. The fourth-order valence-corrected chi connectivity index (χ4v) is 3.96. The molecule has 1 N–H and O–H groups in total. The second-order valence-corrected chi connectivity index (χ2v) is 9.48. The van der Waals surface area contributed by atoms with Crippen molar-refractivity contribution in [2.75, 3.05) is 25.2 Å². The lowest BCUT2D eigenvalue weighted by Crippen LogP contribution is -2.34. The van der Waals surface area contributed by atoms with Gasteiger partial charge in [-0.1, -0.05) is 72.0 Å². The number of aromatic nitrogens is 1. The Kier molecular flexibility index (Phi) is 6.23. The summed E-state index contributed by atoms with van der Waals surface area (Å²) < 4.78 is 24.0. The number of benzene rings is 2. The zero-order valence-corrected chi connectivity index (χ0v) is 17.3. The highest BCUT2D eigenvalue weighted by Gasteiger charge is 2.18. The molecule has 1 amide bonds. The van der Waals surface area contributed by atoms with E-state index in [1.807, 2.05) is 60.7 Å². The van der Waals surface area contributed by atoms with Crippen LogP contribution in [0.3, 0.4) is 0 Å². The Hall–Kier alpha value is -2.55. The lowest BCUT2D eigenvalue weighted by atomic mass is 10.1. The summed E-state index contributed by atoms with van der Waals surface area (Å²) in [6.45, 7) is -0.257. The highest BCUT2D eigenvalue weighted by molar-refractivity contribution is 7.88. The second kappa shape index (κ2) is 8.64. The summed E-state index contributed by atoms with van der Waals surface area (Å²) in [4.78, 5) is 17.8. The first-order valence-electron chi connectivity index (χ1n) is 8.63. The van der Waals surface area contributed by atoms with Gasteiger partial charge in [0.15, 0.2) is 5.13 Å². The lowest BCUT2D eigenvalue weighted by Gasteiger charge is -2.12. The minimum absolute atomic E-state index is 0.257. The maximum Gasteiger partial charge on any atom is 0.241 e. The molecule has 0 saturated carbocycles. The first-order valence-corrected chi connectivity index (χ1v) is 11.3. The van der Waals surface area contributed by atoms with Gasteiger partial charge in [-0.3, -0.25) is 4.79 Å². The van der Waals surface area contributed by atoms with Crippen molar-refractivity contribution in [1.82, 2.24) is 9.29 Å². The average molecular weight is 416 g/mol. The molecule has 0 atom stereocenters. The van der Waals surface area contributed by atoms with Crippen LogP contribution in [-0.2, 0) is 21.2 Å². The Balaban J connectivity index is 1.85. The SMILES string of the molecule is CN(CC(=O)Nc1nc(Cc2ccccc2)c(-c2ccccc2)s1)S(C)(=O)=O. The van der Waals surface area contributed by atoms with Gasteiger partial charge in [0.05, 0.1) is 23.4 Å². The van der Waals surface area contributed by atoms with Gasteiger partial charge in [0, 0.05) is 13.5 Å². The Morgan fingerprint density at radius 3 is 2.29 bits per heavy atom. The van der Waals surface area contributed by atoms with E-state index >= 15 is 0 Å². The van der Waals surface area contributed by atoms with Gasteiger partial charge in [-0.25, -0.2) is 13.4 Å². The Bertz CT molecular complexity index is 1050. The lowest BCUT2D eigenvalue weighted by molar-refractivity contribution is -0.116. The van der Waals surface area contributed by atoms with Crippen LogP contribution in [0.4, 0.5) is 5.13 Å². The molecule has 2 aromatic carbocycles. The molecule has 0 saturated heterocycles. The molecule has 6 nitrogen and oxygen atoms in total. The van der Waals surface area contributed by atoms with Crippen LogP contribution in [0.1, 0.15) is 11.3 Å². The molecule has 0 fully saturated rings. The number of anilines is 1. The van der Waals surface area contributed by atoms with Crippen LogP contribution < -0.4 is 5.32 Å². The average Bonchev–Trinajstić information content (AvgIpc) is 3.04. The van der Waals surface area contributed by atoms with Crippen molar-refractivity contribution < 1.29 is 13.2 Å². The van der Waals surface area contributed by atoms with Crippen LogP contribution in [0.15, 0.2) is 60.7 Å². The third-order valence-corrected chi connectivity index (χ3v) is 6.45. The number of nitrogens with one attached hydrogen (secondary N) is 1. The summed E-state index contributed by atoms with van der Waals surface area (Å²) in [6, 6.07) is 19.9. The maximum absolute atomic E-state index is 12.2. The largest absolute Gasteiger partial charge is 0.301 e. The van der Waals surface area contributed by atoms with Crippen LogP contribution in [0.2, 0.25) is 0 Å². The second-order valence-electron chi connectivity index (χ2n) is 6.39. The fraction of sp³-hybridized carbons (Fsp3) is 0.200. The quantitative estimate of drug-likeness (QED) is 0.643. The first kappa shape index (κ1) is 20.2. The van der Waals surface area contributed by atoms with Gasteiger partial charge >= 0.3 is 0 Å². The van der Waals surface area contributed by atoms with Crippen LogP contribution in [0.25, 0.3) is 10.4 Å². The van der Waals surface area contributed by atoms with Crippen molar-refractivity contribution in [3.05, 3.63) is 71.9 Å². The van der Waals surface area contributed by atoms with Crippen molar-refractivity contribution in [1.29, 1.82) is 0 Å². The summed E-state index contributed by atoms with van der Waals surface area (Å²) in [5, 5.41) is 3.18. The van der Waals surface area contributed by atoms with Crippen molar-refractivity contribution in [3.8, 4) is 10.4 Å². The van der Waals surface area contributed by atoms with E-state index in [1.165, 1.54) is 18.4 Å². The smallest absolute Gasteiger partial charge is 0.241 e. The van der Waals surface area contributed by atoms with Crippen LogP contribution in [0.5, 0.6) is 0 Å². The minimum Gasteiger partial charge on any atom is -0.301 e. The molecule has 0 radical (unpaired) electrons. The summed E-state index contributed by atoms with van der Waals surface area (Å²) in [5.74, 6) is -0.424. The Morgan fingerprint density at radius 1 is 1.07 bits per heavy atom. The normalized spacial score (nSPS) is 11.5. The first-order chi connectivity index (χ1) is 13.3. The molecule has 28 heavy (non-hydrogen) atoms. The van der Waals surface area contributed by atoms with E-state index in [-0.39, 0.29) is 6.54 Å². The van der Waals surface area contributed by atoms with Gasteiger partial charge in [-0.2, -0.15) is 4.31 Å². The molecular weight excluding hydrogens is 394 g/mol. The van der Waals surface area contributed by atoms with E-state index in [1.54, 1.807) is 0 Å². The highest BCUT2D eigenvalue weighted by atomic mass is 32.2. The van der Waals surface area contributed by atoms with Crippen LogP contribution >= 0.6 is 11.3 Å². The molecule has 8 heteroatoms. The number of hydrogen-bond donors (Lipinski definition) is 1. The summed E-state index contributed by atoms with van der Waals surface area (Å²) in [7, 11) is -2.05.